The molecule has 1 aliphatic carbocycles. The summed E-state index contributed by atoms with van der Waals surface area (Å²) in [7, 11) is 0. The molecule has 0 spiro atoms. The smallest absolute Gasteiger partial charge is 0.141 e. The SMILES string of the molecule is C=C[C@@H](CCCC)[C@]1(CO)CCCCC1=O. The fourth-order valence-corrected chi connectivity index (χ4v) is 2.83. The molecule has 16 heavy (non-hydrogen) atoms. The lowest BCUT2D eigenvalue weighted by Gasteiger charge is -2.39. The summed E-state index contributed by atoms with van der Waals surface area (Å²) in [5.74, 6) is 0.410. The van der Waals surface area contributed by atoms with E-state index in [0.29, 0.717) is 6.42 Å². The molecule has 0 heterocycles. The Labute approximate surface area is 98.7 Å². The molecule has 1 aliphatic rings. The second kappa shape index (κ2) is 6.19. The van der Waals surface area contributed by atoms with Crippen LogP contribution in [0.5, 0.6) is 0 Å². The number of allylic oxidation sites excluding steroid dienone is 1. The van der Waals surface area contributed by atoms with Gasteiger partial charge in [-0.1, -0.05) is 32.3 Å². The number of aliphatic hydroxyl groups is 1. The van der Waals surface area contributed by atoms with Crippen LogP contribution in [0.2, 0.25) is 0 Å². The van der Waals surface area contributed by atoms with Gasteiger partial charge < -0.3 is 5.11 Å². The number of hydrogen-bond acceptors (Lipinski definition) is 2. The molecule has 0 bridgehead atoms. The van der Waals surface area contributed by atoms with E-state index in [2.05, 4.69) is 13.5 Å². The fraction of sp³-hybridized carbons (Fsp3) is 0.786. The van der Waals surface area contributed by atoms with Crippen molar-refractivity contribution in [3.63, 3.8) is 0 Å². The van der Waals surface area contributed by atoms with Crippen LogP contribution in [-0.4, -0.2) is 17.5 Å². The first-order chi connectivity index (χ1) is 7.71. The summed E-state index contributed by atoms with van der Waals surface area (Å²) in [6, 6.07) is 0. The first kappa shape index (κ1) is 13.4. The summed E-state index contributed by atoms with van der Waals surface area (Å²) in [5, 5.41) is 9.64. The van der Waals surface area contributed by atoms with E-state index in [1.807, 2.05) is 6.08 Å². The molecule has 0 radical (unpaired) electrons. The van der Waals surface area contributed by atoms with Crippen molar-refractivity contribution in [1.82, 2.24) is 0 Å². The quantitative estimate of drug-likeness (QED) is 0.704. The second-order valence-corrected chi connectivity index (χ2v) is 4.93. The van der Waals surface area contributed by atoms with Gasteiger partial charge in [-0.25, -0.2) is 0 Å². The predicted octanol–water partition coefficient (Wildman–Crippen LogP) is 3.10. The molecule has 1 saturated carbocycles. The second-order valence-electron chi connectivity index (χ2n) is 4.93. The van der Waals surface area contributed by atoms with Gasteiger partial charge in [-0.3, -0.25) is 4.79 Å². The molecule has 0 amide bonds. The summed E-state index contributed by atoms with van der Waals surface area (Å²) in [6.07, 6.45) is 8.61. The van der Waals surface area contributed by atoms with Crippen LogP contribution < -0.4 is 0 Å². The minimum Gasteiger partial charge on any atom is -0.395 e. The molecule has 92 valence electrons. The highest BCUT2D eigenvalue weighted by Crippen LogP contribution is 2.42. The molecule has 1 N–H and O–H groups in total. The molecule has 1 rings (SSSR count). The van der Waals surface area contributed by atoms with Crippen molar-refractivity contribution in [1.29, 1.82) is 0 Å². The Hall–Kier alpha value is -0.630. The average Bonchev–Trinajstić information content (AvgIpc) is 2.32. The monoisotopic (exact) mass is 224 g/mol. The molecule has 1 fully saturated rings. The van der Waals surface area contributed by atoms with Gasteiger partial charge in [-0.2, -0.15) is 0 Å². The van der Waals surface area contributed by atoms with Crippen molar-refractivity contribution >= 4 is 5.78 Å². The van der Waals surface area contributed by atoms with Crippen LogP contribution >= 0.6 is 0 Å². The van der Waals surface area contributed by atoms with Gasteiger partial charge in [-0.15, -0.1) is 6.58 Å². The van der Waals surface area contributed by atoms with Crippen LogP contribution in [0.3, 0.4) is 0 Å². The summed E-state index contributed by atoms with van der Waals surface area (Å²) in [6.45, 7) is 5.99. The summed E-state index contributed by atoms with van der Waals surface area (Å²) >= 11 is 0. The molecular weight excluding hydrogens is 200 g/mol. The third kappa shape index (κ3) is 2.54. The van der Waals surface area contributed by atoms with Crippen LogP contribution in [0.15, 0.2) is 12.7 Å². The van der Waals surface area contributed by atoms with Gasteiger partial charge in [-0.05, 0) is 25.2 Å². The molecule has 2 atom stereocenters. The van der Waals surface area contributed by atoms with Crippen molar-refractivity contribution in [2.45, 2.75) is 51.9 Å². The summed E-state index contributed by atoms with van der Waals surface area (Å²) in [5.41, 5.74) is -0.505. The zero-order chi connectivity index (χ0) is 12.0. The van der Waals surface area contributed by atoms with Crippen LogP contribution in [-0.2, 0) is 4.79 Å². The lowest BCUT2D eigenvalue weighted by Crippen LogP contribution is -2.43. The highest BCUT2D eigenvalue weighted by Gasteiger charge is 2.44. The predicted molar refractivity (Wildman–Crippen MR) is 66.2 cm³/mol. The van der Waals surface area contributed by atoms with E-state index >= 15 is 0 Å². The van der Waals surface area contributed by atoms with E-state index in [1.54, 1.807) is 0 Å². The summed E-state index contributed by atoms with van der Waals surface area (Å²) < 4.78 is 0. The van der Waals surface area contributed by atoms with E-state index in [9.17, 15) is 9.90 Å². The molecule has 0 unspecified atom stereocenters. The van der Waals surface area contributed by atoms with Gasteiger partial charge in [0.15, 0.2) is 0 Å². The van der Waals surface area contributed by atoms with Crippen LogP contribution in [0, 0.1) is 11.3 Å². The van der Waals surface area contributed by atoms with E-state index in [1.165, 1.54) is 0 Å². The number of Topliss-reactive ketones (excluding diaryl/α,β-unsaturated/α-hetero) is 1. The Morgan fingerprint density at radius 2 is 2.31 bits per heavy atom. The highest BCUT2D eigenvalue weighted by molar-refractivity contribution is 5.86. The van der Waals surface area contributed by atoms with E-state index < -0.39 is 5.41 Å². The number of unbranched alkanes of at least 4 members (excludes halogenated alkanes) is 1. The van der Waals surface area contributed by atoms with Gasteiger partial charge >= 0.3 is 0 Å². The normalized spacial score (nSPS) is 27.8. The minimum atomic E-state index is -0.505. The number of rotatable bonds is 6. The third-order valence-electron chi connectivity index (χ3n) is 3.98. The molecule has 2 nitrogen and oxygen atoms in total. The third-order valence-corrected chi connectivity index (χ3v) is 3.98. The van der Waals surface area contributed by atoms with Crippen molar-refractivity contribution < 1.29 is 9.90 Å². The number of carbonyl (C=O) groups excluding carboxylic acids is 1. The average molecular weight is 224 g/mol. The highest BCUT2D eigenvalue weighted by atomic mass is 16.3. The molecule has 0 saturated heterocycles. The molecule has 0 aromatic heterocycles. The first-order valence-electron chi connectivity index (χ1n) is 6.48. The van der Waals surface area contributed by atoms with E-state index in [4.69, 9.17) is 0 Å². The van der Waals surface area contributed by atoms with E-state index in [-0.39, 0.29) is 18.3 Å². The number of ketones is 1. The topological polar surface area (TPSA) is 37.3 Å². The van der Waals surface area contributed by atoms with Gasteiger partial charge in [0.05, 0.1) is 12.0 Å². The maximum absolute atomic E-state index is 12.1. The van der Waals surface area contributed by atoms with Crippen molar-refractivity contribution in [3.05, 3.63) is 12.7 Å². The number of aliphatic hydroxyl groups excluding tert-OH is 1. The molecule has 2 heteroatoms. The van der Waals surface area contributed by atoms with Crippen LogP contribution in [0.4, 0.5) is 0 Å². The minimum absolute atomic E-state index is 0.00770. The van der Waals surface area contributed by atoms with Crippen LogP contribution in [0.25, 0.3) is 0 Å². The lowest BCUT2D eigenvalue weighted by atomic mass is 9.64. The maximum atomic E-state index is 12.1. The molecule has 0 aliphatic heterocycles. The van der Waals surface area contributed by atoms with Gasteiger partial charge in [0.2, 0.25) is 0 Å². The molecular formula is C14H24O2. The molecule has 0 aromatic rings. The Kier molecular flexibility index (Phi) is 5.20. The zero-order valence-electron chi connectivity index (χ0n) is 10.4. The van der Waals surface area contributed by atoms with Gasteiger partial charge in [0.25, 0.3) is 0 Å². The fourth-order valence-electron chi connectivity index (χ4n) is 2.83. The Morgan fingerprint density at radius 1 is 1.56 bits per heavy atom. The van der Waals surface area contributed by atoms with Gasteiger partial charge in [0.1, 0.15) is 5.78 Å². The molecule has 0 aromatic carbocycles. The van der Waals surface area contributed by atoms with Crippen LogP contribution in [0.1, 0.15) is 51.9 Å². The van der Waals surface area contributed by atoms with Crippen molar-refractivity contribution in [2.75, 3.05) is 6.61 Å². The Balaban J connectivity index is 2.81. The zero-order valence-corrected chi connectivity index (χ0v) is 10.4. The Morgan fingerprint density at radius 3 is 2.81 bits per heavy atom. The Bertz CT molecular complexity index is 247. The summed E-state index contributed by atoms with van der Waals surface area (Å²) in [4.78, 5) is 12.1. The van der Waals surface area contributed by atoms with Crippen molar-refractivity contribution in [3.8, 4) is 0 Å². The van der Waals surface area contributed by atoms with Crippen molar-refractivity contribution in [2.24, 2.45) is 11.3 Å². The number of carbonyl (C=O) groups is 1. The first-order valence-corrected chi connectivity index (χ1v) is 6.48. The lowest BCUT2D eigenvalue weighted by molar-refractivity contribution is -0.137. The van der Waals surface area contributed by atoms with Gasteiger partial charge in [0, 0.05) is 6.42 Å². The standard InChI is InChI=1S/C14H24O2/c1-3-5-8-12(4-2)14(11-15)10-7-6-9-13(14)16/h4,12,15H,2-3,5-11H2,1H3/t12-,14+/m0/s1. The number of hydrogen-bond donors (Lipinski definition) is 1. The largest absolute Gasteiger partial charge is 0.395 e. The van der Waals surface area contributed by atoms with E-state index in [0.717, 1.165) is 38.5 Å². The maximum Gasteiger partial charge on any atom is 0.141 e.